The Bertz CT molecular complexity index is 395. The van der Waals surface area contributed by atoms with Crippen molar-refractivity contribution in [1.82, 2.24) is 0 Å². The smallest absolute Gasteiger partial charge is 0.389 e. The van der Waals surface area contributed by atoms with Crippen molar-refractivity contribution in [3.05, 3.63) is 35.6 Å². The van der Waals surface area contributed by atoms with Crippen LogP contribution in [-0.4, -0.2) is 17.4 Å². The molecule has 0 saturated carbocycles. The summed E-state index contributed by atoms with van der Waals surface area (Å²) in [5.74, 6) is -0.383. The van der Waals surface area contributed by atoms with Gasteiger partial charge in [0, 0.05) is 11.8 Å². The Morgan fingerprint density at radius 1 is 1.11 bits per heavy atom. The Labute approximate surface area is 110 Å². The molecule has 0 fully saturated rings. The number of benzene rings is 1. The van der Waals surface area contributed by atoms with Crippen LogP contribution in [0.25, 0.3) is 0 Å². The van der Waals surface area contributed by atoms with Gasteiger partial charge >= 0.3 is 6.18 Å². The van der Waals surface area contributed by atoms with E-state index in [0.717, 1.165) is 0 Å². The summed E-state index contributed by atoms with van der Waals surface area (Å²) in [6, 6.07) is 5.64. The van der Waals surface area contributed by atoms with Crippen molar-refractivity contribution in [1.29, 1.82) is 0 Å². The summed E-state index contributed by atoms with van der Waals surface area (Å²) in [4.78, 5) is 0. The van der Waals surface area contributed by atoms with Crippen LogP contribution in [0, 0.1) is 5.82 Å². The minimum atomic E-state index is -4.19. The second-order valence-corrected chi connectivity index (χ2v) is 5.25. The second kappa shape index (κ2) is 5.90. The van der Waals surface area contributed by atoms with Crippen molar-refractivity contribution in [3.8, 4) is 0 Å². The highest BCUT2D eigenvalue weighted by molar-refractivity contribution is 5.25. The van der Waals surface area contributed by atoms with Gasteiger partial charge in [0.1, 0.15) is 5.82 Å². The van der Waals surface area contributed by atoms with E-state index >= 15 is 0 Å². The van der Waals surface area contributed by atoms with Crippen LogP contribution < -0.4 is 0 Å². The van der Waals surface area contributed by atoms with Gasteiger partial charge in [0.25, 0.3) is 0 Å². The molecule has 1 nitrogen and oxygen atoms in total. The average Bonchev–Trinajstić information content (AvgIpc) is 2.27. The van der Waals surface area contributed by atoms with E-state index in [2.05, 4.69) is 0 Å². The van der Waals surface area contributed by atoms with E-state index in [1.165, 1.54) is 12.1 Å². The van der Waals surface area contributed by atoms with Crippen molar-refractivity contribution >= 4 is 0 Å². The molecule has 1 unspecified atom stereocenters. The Morgan fingerprint density at radius 2 is 1.63 bits per heavy atom. The van der Waals surface area contributed by atoms with Crippen LogP contribution in [0.4, 0.5) is 17.6 Å². The van der Waals surface area contributed by atoms with Gasteiger partial charge in [-0.25, -0.2) is 4.39 Å². The molecule has 1 rings (SSSR count). The molecule has 1 N–H and O–H groups in total. The SMILES string of the molecule is CC(C)(c1ccc(F)cc1)C(O)CCCC(F)(F)F. The maximum absolute atomic E-state index is 12.8. The first kappa shape index (κ1) is 16.0. The van der Waals surface area contributed by atoms with Gasteiger partial charge in [-0.3, -0.25) is 0 Å². The summed E-state index contributed by atoms with van der Waals surface area (Å²) in [7, 11) is 0. The van der Waals surface area contributed by atoms with Gasteiger partial charge < -0.3 is 5.11 Å². The van der Waals surface area contributed by atoms with E-state index < -0.39 is 24.1 Å². The molecule has 0 spiro atoms. The normalized spacial score (nSPS) is 14.5. The van der Waals surface area contributed by atoms with Gasteiger partial charge in [0.2, 0.25) is 0 Å². The van der Waals surface area contributed by atoms with E-state index in [9.17, 15) is 22.7 Å². The predicted octanol–water partition coefficient (Wildman–Crippen LogP) is 4.20. The van der Waals surface area contributed by atoms with Crippen LogP contribution in [0.1, 0.15) is 38.7 Å². The van der Waals surface area contributed by atoms with Crippen molar-refractivity contribution < 1.29 is 22.7 Å². The van der Waals surface area contributed by atoms with E-state index in [4.69, 9.17) is 0 Å². The van der Waals surface area contributed by atoms with E-state index in [0.29, 0.717) is 5.56 Å². The second-order valence-electron chi connectivity index (χ2n) is 5.25. The Hall–Kier alpha value is -1.10. The summed E-state index contributed by atoms with van der Waals surface area (Å²) in [5.41, 5.74) is -0.00680. The maximum atomic E-state index is 12.8. The number of halogens is 4. The molecule has 0 aliphatic carbocycles. The Kier molecular flexibility index (Phi) is 4.96. The third kappa shape index (κ3) is 4.82. The lowest BCUT2D eigenvalue weighted by atomic mass is 9.77. The molecule has 1 aromatic carbocycles. The lowest BCUT2D eigenvalue weighted by molar-refractivity contribution is -0.136. The van der Waals surface area contributed by atoms with Crippen LogP contribution in [-0.2, 0) is 5.41 Å². The predicted molar refractivity (Wildman–Crippen MR) is 65.3 cm³/mol. The zero-order chi connectivity index (χ0) is 14.7. The maximum Gasteiger partial charge on any atom is 0.389 e. The molecule has 0 radical (unpaired) electrons. The van der Waals surface area contributed by atoms with Crippen molar-refractivity contribution in [2.75, 3.05) is 0 Å². The molecule has 5 heteroatoms. The zero-order valence-corrected chi connectivity index (χ0v) is 11.0. The fraction of sp³-hybridized carbons (Fsp3) is 0.571. The first-order valence-electron chi connectivity index (χ1n) is 6.14. The standard InChI is InChI=1S/C14H18F4O/c1-13(2,10-5-7-11(15)8-6-10)12(19)4-3-9-14(16,17)18/h5-8,12,19H,3-4,9H2,1-2H3. The quantitative estimate of drug-likeness (QED) is 0.800. The molecule has 0 heterocycles. The Morgan fingerprint density at radius 3 is 2.11 bits per heavy atom. The molecule has 108 valence electrons. The first-order valence-corrected chi connectivity index (χ1v) is 6.14. The molecule has 0 aliphatic heterocycles. The molecule has 0 amide bonds. The van der Waals surface area contributed by atoms with Gasteiger partial charge in [-0.1, -0.05) is 26.0 Å². The summed E-state index contributed by atoms with van der Waals surface area (Å²) >= 11 is 0. The fourth-order valence-corrected chi connectivity index (χ4v) is 1.93. The molecular formula is C14H18F4O. The van der Waals surface area contributed by atoms with Gasteiger partial charge in [-0.15, -0.1) is 0 Å². The van der Waals surface area contributed by atoms with Gasteiger partial charge in [0.05, 0.1) is 6.10 Å². The lowest BCUT2D eigenvalue weighted by Crippen LogP contribution is -2.33. The molecule has 0 bridgehead atoms. The summed E-state index contributed by atoms with van der Waals surface area (Å²) < 4.78 is 49.0. The third-order valence-electron chi connectivity index (χ3n) is 3.36. The van der Waals surface area contributed by atoms with Crippen molar-refractivity contribution in [2.45, 2.75) is 50.8 Å². The zero-order valence-electron chi connectivity index (χ0n) is 11.0. The topological polar surface area (TPSA) is 20.2 Å². The Balaban J connectivity index is 2.63. The highest BCUT2D eigenvalue weighted by Gasteiger charge is 2.32. The van der Waals surface area contributed by atoms with Gasteiger partial charge in [-0.05, 0) is 30.5 Å². The fourth-order valence-electron chi connectivity index (χ4n) is 1.93. The number of hydrogen-bond acceptors (Lipinski definition) is 1. The number of aliphatic hydroxyl groups excluding tert-OH is 1. The lowest BCUT2D eigenvalue weighted by Gasteiger charge is -2.31. The van der Waals surface area contributed by atoms with Gasteiger partial charge in [-0.2, -0.15) is 13.2 Å². The molecular weight excluding hydrogens is 260 g/mol. The van der Waals surface area contributed by atoms with Crippen LogP contribution >= 0.6 is 0 Å². The van der Waals surface area contributed by atoms with Gasteiger partial charge in [0.15, 0.2) is 0 Å². The minimum Gasteiger partial charge on any atom is -0.392 e. The molecule has 0 aliphatic rings. The highest BCUT2D eigenvalue weighted by atomic mass is 19.4. The van der Waals surface area contributed by atoms with E-state index in [1.54, 1.807) is 26.0 Å². The first-order chi connectivity index (χ1) is 8.63. The summed E-state index contributed by atoms with van der Waals surface area (Å²) in [6.07, 6.45) is -6.05. The number of hydrogen-bond donors (Lipinski definition) is 1. The summed E-state index contributed by atoms with van der Waals surface area (Å²) in [6.45, 7) is 3.47. The number of aliphatic hydroxyl groups is 1. The summed E-state index contributed by atoms with van der Waals surface area (Å²) in [5, 5.41) is 10.0. The largest absolute Gasteiger partial charge is 0.392 e. The molecule has 1 aromatic rings. The van der Waals surface area contributed by atoms with E-state index in [1.807, 2.05) is 0 Å². The van der Waals surface area contributed by atoms with Crippen LogP contribution in [0.3, 0.4) is 0 Å². The van der Waals surface area contributed by atoms with Crippen LogP contribution in [0.2, 0.25) is 0 Å². The monoisotopic (exact) mass is 278 g/mol. The molecule has 19 heavy (non-hydrogen) atoms. The third-order valence-corrected chi connectivity index (χ3v) is 3.36. The van der Waals surface area contributed by atoms with Crippen molar-refractivity contribution in [2.24, 2.45) is 0 Å². The van der Waals surface area contributed by atoms with Crippen LogP contribution in [0.5, 0.6) is 0 Å². The molecule has 0 saturated heterocycles. The van der Waals surface area contributed by atoms with E-state index in [-0.39, 0.29) is 18.7 Å². The minimum absolute atomic E-state index is 0.0594. The molecule has 1 atom stereocenters. The van der Waals surface area contributed by atoms with Crippen molar-refractivity contribution in [3.63, 3.8) is 0 Å². The number of alkyl halides is 3. The van der Waals surface area contributed by atoms with Crippen LogP contribution in [0.15, 0.2) is 24.3 Å². The number of rotatable bonds is 5. The molecule has 0 aromatic heterocycles. The average molecular weight is 278 g/mol. The highest BCUT2D eigenvalue weighted by Crippen LogP contribution is 2.31.